The molecule has 2 N–H and O–H groups in total. The van der Waals surface area contributed by atoms with Crippen molar-refractivity contribution in [2.24, 2.45) is 0 Å². The van der Waals surface area contributed by atoms with Crippen LogP contribution in [0.1, 0.15) is 6.42 Å². The minimum Gasteiger partial charge on any atom is -0.508 e. The second-order valence-electron chi connectivity index (χ2n) is 5.04. The topological polar surface area (TPSA) is 73.2 Å². The van der Waals surface area contributed by atoms with Gasteiger partial charge in [-0.15, -0.1) is 0 Å². The number of piperazine rings is 1. The molecule has 6 nitrogen and oxygen atoms in total. The maximum atomic E-state index is 12.0. The molecule has 0 atom stereocenters. The van der Waals surface area contributed by atoms with Crippen LogP contribution in [0.5, 0.6) is 11.5 Å². The molecule has 0 bridgehead atoms. The van der Waals surface area contributed by atoms with Crippen molar-refractivity contribution in [3.63, 3.8) is 0 Å². The number of phenols is 1. The van der Waals surface area contributed by atoms with E-state index in [-0.39, 0.29) is 18.3 Å². The van der Waals surface area contributed by atoms with Gasteiger partial charge in [0.05, 0.1) is 19.6 Å². The van der Waals surface area contributed by atoms with Crippen LogP contribution in [0.3, 0.4) is 0 Å². The van der Waals surface area contributed by atoms with E-state index in [0.29, 0.717) is 38.4 Å². The minimum absolute atomic E-state index is 0.0948. The predicted octanol–water partition coefficient (Wildman–Crippen LogP) is 0.298. The molecule has 1 aliphatic heterocycles. The summed E-state index contributed by atoms with van der Waals surface area (Å²) in [7, 11) is 0. The molecule has 0 aromatic heterocycles. The number of β-amino-alcohol motifs (C(OH)–C–C–N with tert-alkyl or cyclic N) is 1. The van der Waals surface area contributed by atoms with E-state index in [1.807, 2.05) is 4.90 Å². The van der Waals surface area contributed by atoms with Crippen LogP contribution in [0.25, 0.3) is 0 Å². The third-order valence-electron chi connectivity index (χ3n) is 3.56. The third kappa shape index (κ3) is 4.91. The molecule has 1 heterocycles. The summed E-state index contributed by atoms with van der Waals surface area (Å²) in [4.78, 5) is 16.0. The number of aliphatic hydroxyl groups is 1. The van der Waals surface area contributed by atoms with Crippen molar-refractivity contribution >= 4 is 5.91 Å². The first kappa shape index (κ1) is 15.6. The number of phenolic OH excluding ortho intramolecular Hbond substituents is 1. The van der Waals surface area contributed by atoms with Gasteiger partial charge in [0.25, 0.3) is 0 Å². The number of amides is 1. The van der Waals surface area contributed by atoms with Crippen molar-refractivity contribution in [2.45, 2.75) is 6.42 Å². The van der Waals surface area contributed by atoms with Crippen LogP contribution in [0.4, 0.5) is 0 Å². The number of carbonyl (C=O) groups excluding carboxylic acids is 1. The highest BCUT2D eigenvalue weighted by Crippen LogP contribution is 2.16. The van der Waals surface area contributed by atoms with Gasteiger partial charge < -0.3 is 19.8 Å². The molecule has 1 aromatic carbocycles. The number of carbonyl (C=O) groups is 1. The highest BCUT2D eigenvalue weighted by molar-refractivity contribution is 5.76. The van der Waals surface area contributed by atoms with E-state index in [1.165, 1.54) is 0 Å². The van der Waals surface area contributed by atoms with E-state index >= 15 is 0 Å². The molecule has 1 fully saturated rings. The Morgan fingerprint density at radius 2 is 1.81 bits per heavy atom. The normalized spacial score (nSPS) is 16.0. The molecule has 0 aliphatic carbocycles. The lowest BCUT2D eigenvalue weighted by molar-refractivity contribution is -0.133. The van der Waals surface area contributed by atoms with Crippen LogP contribution in [0.2, 0.25) is 0 Å². The predicted molar refractivity (Wildman–Crippen MR) is 78.3 cm³/mol. The van der Waals surface area contributed by atoms with E-state index in [0.717, 1.165) is 13.1 Å². The number of aliphatic hydroxyl groups excluding tert-OH is 1. The summed E-state index contributed by atoms with van der Waals surface area (Å²) >= 11 is 0. The number of rotatable bonds is 6. The average molecular weight is 294 g/mol. The van der Waals surface area contributed by atoms with E-state index < -0.39 is 0 Å². The van der Waals surface area contributed by atoms with Gasteiger partial charge in [-0.1, -0.05) is 0 Å². The highest BCUT2D eigenvalue weighted by Gasteiger charge is 2.20. The maximum absolute atomic E-state index is 12.0. The molecule has 1 aliphatic rings. The second-order valence-corrected chi connectivity index (χ2v) is 5.04. The van der Waals surface area contributed by atoms with Gasteiger partial charge in [0.15, 0.2) is 0 Å². The zero-order valence-electron chi connectivity index (χ0n) is 12.1. The fourth-order valence-electron chi connectivity index (χ4n) is 2.32. The van der Waals surface area contributed by atoms with Gasteiger partial charge in [-0.3, -0.25) is 9.69 Å². The molecule has 0 saturated carbocycles. The van der Waals surface area contributed by atoms with E-state index in [1.54, 1.807) is 24.3 Å². The zero-order chi connectivity index (χ0) is 15.1. The SMILES string of the molecule is O=C(CCOc1ccc(O)cc1)N1CCN(CCO)CC1. The molecule has 21 heavy (non-hydrogen) atoms. The Morgan fingerprint density at radius 1 is 1.14 bits per heavy atom. The summed E-state index contributed by atoms with van der Waals surface area (Å²) in [6, 6.07) is 6.45. The van der Waals surface area contributed by atoms with Gasteiger partial charge in [0.2, 0.25) is 5.91 Å². The Hall–Kier alpha value is -1.79. The van der Waals surface area contributed by atoms with Crippen LogP contribution in [0.15, 0.2) is 24.3 Å². The van der Waals surface area contributed by atoms with Crippen molar-refractivity contribution in [2.75, 3.05) is 45.9 Å². The summed E-state index contributed by atoms with van der Waals surface area (Å²) in [6.45, 7) is 4.20. The van der Waals surface area contributed by atoms with Crippen LogP contribution >= 0.6 is 0 Å². The standard InChI is InChI=1S/C15H22N2O4/c18-11-10-16-6-8-17(9-7-16)15(20)5-12-21-14-3-1-13(19)2-4-14/h1-4,18-19H,5-12H2. The first-order chi connectivity index (χ1) is 10.2. The van der Waals surface area contributed by atoms with Crippen LogP contribution < -0.4 is 4.74 Å². The molecule has 1 aromatic rings. The quantitative estimate of drug-likeness (QED) is 0.789. The second kappa shape index (κ2) is 7.85. The number of aromatic hydroxyl groups is 1. The van der Waals surface area contributed by atoms with Gasteiger partial charge in [-0.25, -0.2) is 0 Å². The van der Waals surface area contributed by atoms with Crippen molar-refractivity contribution in [3.8, 4) is 11.5 Å². The van der Waals surface area contributed by atoms with Gasteiger partial charge in [0.1, 0.15) is 11.5 Å². The Bertz CT molecular complexity index is 441. The Labute approximate surface area is 124 Å². The lowest BCUT2D eigenvalue weighted by atomic mass is 10.3. The summed E-state index contributed by atoms with van der Waals surface area (Å²) in [6.07, 6.45) is 0.348. The molecule has 1 saturated heterocycles. The van der Waals surface area contributed by atoms with Gasteiger partial charge in [-0.05, 0) is 24.3 Å². The molecule has 116 valence electrons. The van der Waals surface area contributed by atoms with Crippen molar-refractivity contribution in [3.05, 3.63) is 24.3 Å². The minimum atomic E-state index is 0.0948. The fraction of sp³-hybridized carbons (Fsp3) is 0.533. The molecule has 2 rings (SSSR count). The molecule has 0 spiro atoms. The smallest absolute Gasteiger partial charge is 0.226 e. The fourth-order valence-corrected chi connectivity index (χ4v) is 2.32. The van der Waals surface area contributed by atoms with Crippen LogP contribution in [-0.4, -0.2) is 71.9 Å². The number of nitrogens with zero attached hydrogens (tertiary/aromatic N) is 2. The molecular formula is C15H22N2O4. The largest absolute Gasteiger partial charge is 0.508 e. The zero-order valence-corrected chi connectivity index (χ0v) is 12.1. The average Bonchev–Trinajstić information content (AvgIpc) is 2.50. The van der Waals surface area contributed by atoms with Gasteiger partial charge in [-0.2, -0.15) is 0 Å². The maximum Gasteiger partial charge on any atom is 0.226 e. The van der Waals surface area contributed by atoms with Crippen molar-refractivity contribution < 1.29 is 19.7 Å². The third-order valence-corrected chi connectivity index (χ3v) is 3.56. The lowest BCUT2D eigenvalue weighted by Gasteiger charge is -2.34. The van der Waals surface area contributed by atoms with Gasteiger partial charge in [0, 0.05) is 32.7 Å². The van der Waals surface area contributed by atoms with E-state index in [2.05, 4.69) is 4.90 Å². The van der Waals surface area contributed by atoms with Crippen LogP contribution in [0, 0.1) is 0 Å². The Morgan fingerprint density at radius 3 is 2.43 bits per heavy atom. The highest BCUT2D eigenvalue weighted by atomic mass is 16.5. The first-order valence-corrected chi connectivity index (χ1v) is 7.22. The number of benzene rings is 1. The van der Waals surface area contributed by atoms with Crippen molar-refractivity contribution in [1.29, 1.82) is 0 Å². The Balaban J connectivity index is 1.67. The molecule has 0 unspecified atom stereocenters. The van der Waals surface area contributed by atoms with E-state index in [9.17, 15) is 4.79 Å². The summed E-state index contributed by atoms with van der Waals surface area (Å²) in [5, 5.41) is 18.0. The summed E-state index contributed by atoms with van der Waals surface area (Å²) in [5.74, 6) is 0.935. The first-order valence-electron chi connectivity index (χ1n) is 7.22. The van der Waals surface area contributed by atoms with Crippen molar-refractivity contribution in [1.82, 2.24) is 9.80 Å². The monoisotopic (exact) mass is 294 g/mol. The molecule has 6 heteroatoms. The summed E-state index contributed by atoms with van der Waals surface area (Å²) < 4.78 is 5.48. The van der Waals surface area contributed by atoms with Crippen LogP contribution in [-0.2, 0) is 4.79 Å². The Kier molecular flexibility index (Phi) is 5.83. The van der Waals surface area contributed by atoms with Gasteiger partial charge >= 0.3 is 0 Å². The number of hydrogen-bond acceptors (Lipinski definition) is 5. The van der Waals surface area contributed by atoms with E-state index in [4.69, 9.17) is 14.9 Å². The summed E-state index contributed by atoms with van der Waals surface area (Å²) in [5.41, 5.74) is 0. The number of hydrogen-bond donors (Lipinski definition) is 2. The molecular weight excluding hydrogens is 272 g/mol. The molecule has 0 radical (unpaired) electrons. The lowest BCUT2D eigenvalue weighted by Crippen LogP contribution is -2.49. The number of ether oxygens (including phenoxy) is 1. The molecule has 1 amide bonds.